The van der Waals surface area contributed by atoms with Crippen molar-refractivity contribution in [2.75, 3.05) is 19.6 Å². The lowest BCUT2D eigenvalue weighted by molar-refractivity contribution is 0.195. The van der Waals surface area contributed by atoms with Gasteiger partial charge in [0.1, 0.15) is 5.76 Å². The van der Waals surface area contributed by atoms with Gasteiger partial charge in [-0.2, -0.15) is 0 Å². The molecule has 1 aliphatic carbocycles. The van der Waals surface area contributed by atoms with Crippen molar-refractivity contribution < 1.29 is 4.42 Å². The number of hydrogen-bond donors (Lipinski definition) is 1. The summed E-state index contributed by atoms with van der Waals surface area (Å²) in [4.78, 5) is 2.63. The van der Waals surface area contributed by atoms with E-state index in [4.69, 9.17) is 4.42 Å². The Bertz CT molecular complexity index is 319. The Kier molecular flexibility index (Phi) is 5.26. The van der Waals surface area contributed by atoms with E-state index < -0.39 is 0 Å². The summed E-state index contributed by atoms with van der Waals surface area (Å²) in [5.41, 5.74) is 0. The molecule has 1 unspecified atom stereocenters. The lowest BCUT2D eigenvalue weighted by Gasteiger charge is -2.29. The average molecular weight is 250 g/mol. The van der Waals surface area contributed by atoms with E-state index >= 15 is 0 Å². The van der Waals surface area contributed by atoms with E-state index in [1.54, 1.807) is 6.26 Å². The summed E-state index contributed by atoms with van der Waals surface area (Å²) >= 11 is 0. The number of hydrogen-bond acceptors (Lipinski definition) is 3. The van der Waals surface area contributed by atoms with Gasteiger partial charge in [-0.05, 0) is 50.8 Å². The fourth-order valence-electron chi connectivity index (χ4n) is 2.36. The van der Waals surface area contributed by atoms with Crippen LogP contribution < -0.4 is 5.32 Å². The van der Waals surface area contributed by atoms with Gasteiger partial charge >= 0.3 is 0 Å². The average Bonchev–Trinajstić information content (AvgIpc) is 3.02. The second kappa shape index (κ2) is 6.95. The highest BCUT2D eigenvalue weighted by Gasteiger charge is 2.25. The third-order valence-corrected chi connectivity index (χ3v) is 3.64. The predicted molar refractivity (Wildman–Crippen MR) is 74.5 cm³/mol. The normalized spacial score (nSPS) is 17.3. The first-order chi connectivity index (χ1) is 8.79. The molecule has 0 saturated heterocycles. The molecule has 0 radical (unpaired) electrons. The molecule has 1 saturated carbocycles. The van der Waals surface area contributed by atoms with Gasteiger partial charge in [0.2, 0.25) is 0 Å². The number of nitrogens with zero attached hydrogens (tertiary/aromatic N) is 1. The molecule has 0 spiro atoms. The molecule has 2 rings (SSSR count). The second-order valence-corrected chi connectivity index (χ2v) is 5.50. The minimum absolute atomic E-state index is 0.612. The lowest BCUT2D eigenvalue weighted by Crippen LogP contribution is -2.41. The molecule has 0 aliphatic heterocycles. The van der Waals surface area contributed by atoms with Crippen molar-refractivity contribution in [3.8, 4) is 0 Å². The summed E-state index contributed by atoms with van der Waals surface area (Å²) in [6.07, 6.45) is 5.85. The zero-order valence-corrected chi connectivity index (χ0v) is 11.7. The number of nitrogens with one attached hydrogen (secondary N) is 1. The first-order valence-corrected chi connectivity index (χ1v) is 7.26. The Morgan fingerprint density at radius 3 is 2.94 bits per heavy atom. The summed E-state index contributed by atoms with van der Waals surface area (Å²) in [5.74, 6) is 2.00. The summed E-state index contributed by atoms with van der Waals surface area (Å²) in [6, 6.07) is 4.57. The molecule has 1 aliphatic rings. The smallest absolute Gasteiger partial charge is 0.117 e. The number of furan rings is 1. The van der Waals surface area contributed by atoms with Gasteiger partial charge in [0, 0.05) is 19.1 Å². The lowest BCUT2D eigenvalue weighted by atomic mass is 10.2. The molecular formula is C15H26N2O. The molecule has 0 bridgehead atoms. The van der Waals surface area contributed by atoms with E-state index in [2.05, 4.69) is 24.1 Å². The maximum absolute atomic E-state index is 5.32. The highest BCUT2D eigenvalue weighted by Crippen LogP contribution is 2.30. The van der Waals surface area contributed by atoms with Gasteiger partial charge in [-0.1, -0.05) is 6.92 Å². The molecule has 1 aromatic rings. The van der Waals surface area contributed by atoms with Crippen LogP contribution in [0.2, 0.25) is 0 Å². The minimum Gasteiger partial charge on any atom is -0.468 e. The minimum atomic E-state index is 0.612. The highest BCUT2D eigenvalue weighted by atomic mass is 16.3. The van der Waals surface area contributed by atoms with E-state index in [9.17, 15) is 0 Å². The van der Waals surface area contributed by atoms with Crippen LogP contribution in [-0.2, 0) is 6.54 Å². The summed E-state index contributed by atoms with van der Waals surface area (Å²) < 4.78 is 5.32. The molecule has 102 valence electrons. The van der Waals surface area contributed by atoms with Gasteiger partial charge in [0.15, 0.2) is 0 Å². The molecule has 0 amide bonds. The quantitative estimate of drug-likeness (QED) is 0.730. The number of rotatable bonds is 9. The fourth-order valence-corrected chi connectivity index (χ4v) is 2.36. The van der Waals surface area contributed by atoms with E-state index in [-0.39, 0.29) is 0 Å². The van der Waals surface area contributed by atoms with Crippen molar-refractivity contribution in [2.45, 2.75) is 45.7 Å². The first kappa shape index (κ1) is 13.6. The zero-order valence-electron chi connectivity index (χ0n) is 11.7. The van der Waals surface area contributed by atoms with E-state index in [1.165, 1.54) is 32.4 Å². The first-order valence-electron chi connectivity index (χ1n) is 7.26. The monoisotopic (exact) mass is 250 g/mol. The van der Waals surface area contributed by atoms with Crippen LogP contribution in [0.15, 0.2) is 22.8 Å². The van der Waals surface area contributed by atoms with Crippen molar-refractivity contribution in [1.29, 1.82) is 0 Å². The summed E-state index contributed by atoms with van der Waals surface area (Å²) in [5, 5.41) is 3.48. The van der Waals surface area contributed by atoms with Crippen LogP contribution in [0.5, 0.6) is 0 Å². The Labute approximate surface area is 111 Å². The maximum atomic E-state index is 5.32. The molecule has 1 atom stereocenters. The Balaban J connectivity index is 1.68. The molecule has 1 heterocycles. The van der Waals surface area contributed by atoms with Crippen molar-refractivity contribution in [3.05, 3.63) is 24.2 Å². The second-order valence-electron chi connectivity index (χ2n) is 5.50. The largest absolute Gasteiger partial charge is 0.468 e. The van der Waals surface area contributed by atoms with Gasteiger partial charge in [0.25, 0.3) is 0 Å². The third-order valence-electron chi connectivity index (χ3n) is 3.64. The van der Waals surface area contributed by atoms with Crippen molar-refractivity contribution in [2.24, 2.45) is 5.92 Å². The maximum Gasteiger partial charge on any atom is 0.117 e. The van der Waals surface area contributed by atoms with Crippen LogP contribution in [0.25, 0.3) is 0 Å². The van der Waals surface area contributed by atoms with E-state index in [1.807, 2.05) is 12.1 Å². The molecule has 3 heteroatoms. The highest BCUT2D eigenvalue weighted by molar-refractivity contribution is 4.97. The van der Waals surface area contributed by atoms with Crippen molar-refractivity contribution in [1.82, 2.24) is 10.2 Å². The molecule has 1 N–H and O–H groups in total. The van der Waals surface area contributed by atoms with Crippen LogP contribution in [0, 0.1) is 5.92 Å². The zero-order chi connectivity index (χ0) is 12.8. The van der Waals surface area contributed by atoms with Crippen molar-refractivity contribution >= 4 is 0 Å². The topological polar surface area (TPSA) is 28.4 Å². The van der Waals surface area contributed by atoms with Crippen LogP contribution in [0.1, 0.15) is 38.9 Å². The molecular weight excluding hydrogens is 224 g/mol. The standard InChI is InChI=1S/C15H26N2O/c1-3-8-17(12-14-6-7-14)13(2)10-16-11-15-5-4-9-18-15/h4-5,9,13-14,16H,3,6-8,10-12H2,1-2H3. The third kappa shape index (κ3) is 4.46. The summed E-state index contributed by atoms with van der Waals surface area (Å²) in [6.45, 7) is 8.97. The van der Waals surface area contributed by atoms with Gasteiger partial charge in [-0.15, -0.1) is 0 Å². The van der Waals surface area contributed by atoms with Crippen LogP contribution in [0.3, 0.4) is 0 Å². The van der Waals surface area contributed by atoms with E-state index in [0.29, 0.717) is 6.04 Å². The van der Waals surface area contributed by atoms with Crippen LogP contribution in [0.4, 0.5) is 0 Å². The van der Waals surface area contributed by atoms with Crippen LogP contribution in [-0.4, -0.2) is 30.6 Å². The van der Waals surface area contributed by atoms with E-state index in [0.717, 1.165) is 24.8 Å². The summed E-state index contributed by atoms with van der Waals surface area (Å²) in [7, 11) is 0. The van der Waals surface area contributed by atoms with Gasteiger partial charge in [0.05, 0.1) is 12.8 Å². The molecule has 0 aromatic carbocycles. The predicted octanol–water partition coefficient (Wildman–Crippen LogP) is 2.88. The van der Waals surface area contributed by atoms with Crippen LogP contribution >= 0.6 is 0 Å². The molecule has 18 heavy (non-hydrogen) atoms. The fraction of sp³-hybridized carbons (Fsp3) is 0.733. The molecule has 1 fully saturated rings. The Hall–Kier alpha value is -0.800. The van der Waals surface area contributed by atoms with Gasteiger partial charge in [-0.25, -0.2) is 0 Å². The van der Waals surface area contributed by atoms with Gasteiger partial charge in [-0.3, -0.25) is 4.90 Å². The Morgan fingerprint density at radius 1 is 1.50 bits per heavy atom. The van der Waals surface area contributed by atoms with Crippen molar-refractivity contribution in [3.63, 3.8) is 0 Å². The SMILES string of the molecule is CCCN(CC1CC1)C(C)CNCc1ccco1. The Morgan fingerprint density at radius 2 is 2.33 bits per heavy atom. The molecule has 1 aromatic heterocycles. The molecule has 3 nitrogen and oxygen atoms in total. The van der Waals surface area contributed by atoms with Gasteiger partial charge < -0.3 is 9.73 Å².